The Kier molecular flexibility index (Phi) is 1.72. The van der Waals surface area contributed by atoms with E-state index < -0.39 is 0 Å². The minimum atomic E-state index is -0.273. The van der Waals surface area contributed by atoms with Gasteiger partial charge in [0.1, 0.15) is 5.58 Å². The van der Waals surface area contributed by atoms with Crippen molar-refractivity contribution in [3.63, 3.8) is 0 Å². The molecule has 0 bridgehead atoms. The predicted octanol–water partition coefficient (Wildman–Crippen LogP) is 3.14. The summed E-state index contributed by atoms with van der Waals surface area (Å²) in [6.07, 6.45) is 5.30. The molecule has 2 aromatic heterocycles. The fraction of sp³-hybridized carbons (Fsp3) is 0.286. The third-order valence-corrected chi connectivity index (χ3v) is 3.77. The van der Waals surface area contributed by atoms with Crippen molar-refractivity contribution >= 4 is 21.9 Å². The van der Waals surface area contributed by atoms with Crippen LogP contribution in [0.5, 0.6) is 5.75 Å². The van der Waals surface area contributed by atoms with Crippen molar-refractivity contribution in [2.75, 3.05) is 7.11 Å². The van der Waals surface area contributed by atoms with E-state index in [0.29, 0.717) is 5.75 Å². The lowest BCUT2D eigenvalue weighted by Crippen LogP contribution is -2.19. The molecule has 4 rings (SSSR count). The van der Waals surface area contributed by atoms with Gasteiger partial charge in [0.15, 0.2) is 11.3 Å². The molecule has 0 aliphatic heterocycles. The summed E-state index contributed by atoms with van der Waals surface area (Å²) in [6.45, 7) is 0. The minimum Gasteiger partial charge on any atom is -0.492 e. The van der Waals surface area contributed by atoms with Gasteiger partial charge in [-0.2, -0.15) is 0 Å². The van der Waals surface area contributed by atoms with Crippen molar-refractivity contribution in [1.82, 2.24) is 0 Å². The second kappa shape index (κ2) is 3.09. The molecule has 4 nitrogen and oxygen atoms in total. The molecule has 3 aromatic rings. The first kappa shape index (κ1) is 10.0. The minimum absolute atomic E-state index is 0.273. The van der Waals surface area contributed by atoms with Crippen LogP contribution < -0.4 is 10.5 Å². The SMILES string of the molecule is COc1c2ccoc2c(C2(N)CC2)c2ccoc12. The van der Waals surface area contributed by atoms with E-state index in [1.807, 2.05) is 12.1 Å². The van der Waals surface area contributed by atoms with Crippen molar-refractivity contribution in [2.24, 2.45) is 5.73 Å². The van der Waals surface area contributed by atoms with Gasteiger partial charge in [0.2, 0.25) is 0 Å². The maximum absolute atomic E-state index is 6.37. The molecule has 1 saturated carbocycles. The van der Waals surface area contributed by atoms with E-state index in [2.05, 4.69) is 0 Å². The molecule has 1 fully saturated rings. The highest BCUT2D eigenvalue weighted by atomic mass is 16.5. The van der Waals surface area contributed by atoms with Crippen LogP contribution >= 0.6 is 0 Å². The maximum Gasteiger partial charge on any atom is 0.176 e. The van der Waals surface area contributed by atoms with E-state index in [1.165, 1.54) is 0 Å². The van der Waals surface area contributed by atoms with Gasteiger partial charge in [-0.1, -0.05) is 0 Å². The average Bonchev–Trinajstić information content (AvgIpc) is 2.84. The summed E-state index contributed by atoms with van der Waals surface area (Å²) in [4.78, 5) is 0. The Morgan fingerprint density at radius 2 is 1.78 bits per heavy atom. The number of rotatable bonds is 2. The van der Waals surface area contributed by atoms with E-state index in [4.69, 9.17) is 19.3 Å². The van der Waals surface area contributed by atoms with Gasteiger partial charge in [-0.3, -0.25) is 0 Å². The summed E-state index contributed by atoms with van der Waals surface area (Å²) >= 11 is 0. The summed E-state index contributed by atoms with van der Waals surface area (Å²) in [5.41, 5.74) is 8.71. The molecule has 0 unspecified atom stereocenters. The predicted molar refractivity (Wildman–Crippen MR) is 67.6 cm³/mol. The first-order valence-electron chi connectivity index (χ1n) is 5.98. The molecule has 92 valence electrons. The zero-order chi connectivity index (χ0) is 12.3. The molecule has 1 aliphatic carbocycles. The largest absolute Gasteiger partial charge is 0.492 e. The molecular weight excluding hydrogens is 230 g/mol. The van der Waals surface area contributed by atoms with Crippen molar-refractivity contribution in [2.45, 2.75) is 18.4 Å². The van der Waals surface area contributed by atoms with Crippen molar-refractivity contribution < 1.29 is 13.6 Å². The third kappa shape index (κ3) is 1.08. The number of nitrogens with two attached hydrogens (primary N) is 1. The van der Waals surface area contributed by atoms with Gasteiger partial charge in [-0.05, 0) is 25.0 Å². The monoisotopic (exact) mass is 243 g/mol. The molecule has 0 atom stereocenters. The molecular formula is C14H13NO3. The average molecular weight is 243 g/mol. The zero-order valence-electron chi connectivity index (χ0n) is 10.0. The quantitative estimate of drug-likeness (QED) is 0.751. The Bertz CT molecular complexity index is 697. The van der Waals surface area contributed by atoms with Crippen LogP contribution in [-0.4, -0.2) is 7.11 Å². The van der Waals surface area contributed by atoms with Crippen LogP contribution in [0.2, 0.25) is 0 Å². The lowest BCUT2D eigenvalue weighted by atomic mass is 9.98. The number of ether oxygens (including phenoxy) is 1. The lowest BCUT2D eigenvalue weighted by Gasteiger charge is -2.13. The highest BCUT2D eigenvalue weighted by Gasteiger charge is 2.44. The summed E-state index contributed by atoms with van der Waals surface area (Å²) in [7, 11) is 1.64. The van der Waals surface area contributed by atoms with Crippen LogP contribution in [-0.2, 0) is 5.54 Å². The Hall–Kier alpha value is -1.94. The summed E-state index contributed by atoms with van der Waals surface area (Å²) in [5, 5.41) is 1.92. The summed E-state index contributed by atoms with van der Waals surface area (Å²) in [6, 6.07) is 3.83. The molecule has 2 N–H and O–H groups in total. The second-order valence-corrected chi connectivity index (χ2v) is 4.89. The van der Waals surface area contributed by atoms with Gasteiger partial charge < -0.3 is 19.3 Å². The Morgan fingerprint density at radius 3 is 2.44 bits per heavy atom. The molecule has 4 heteroatoms. The van der Waals surface area contributed by atoms with Crippen LogP contribution in [0.4, 0.5) is 0 Å². The lowest BCUT2D eigenvalue weighted by molar-refractivity contribution is 0.414. The number of benzene rings is 1. The topological polar surface area (TPSA) is 61.5 Å². The van der Waals surface area contributed by atoms with Crippen LogP contribution in [0, 0.1) is 0 Å². The smallest absolute Gasteiger partial charge is 0.176 e. The van der Waals surface area contributed by atoms with Crippen LogP contribution in [0.3, 0.4) is 0 Å². The highest BCUT2D eigenvalue weighted by Crippen LogP contribution is 2.51. The van der Waals surface area contributed by atoms with E-state index in [9.17, 15) is 0 Å². The number of fused-ring (bicyclic) bond motifs is 2. The van der Waals surface area contributed by atoms with E-state index in [0.717, 1.165) is 40.3 Å². The Labute approximate surface area is 103 Å². The van der Waals surface area contributed by atoms with Crippen LogP contribution in [0.15, 0.2) is 33.5 Å². The standard InChI is InChI=1S/C14H13NO3/c1-16-12-9-3-7-17-11(9)10(14(15)4-5-14)8-2-6-18-13(8)12/h2-3,6-7H,4-5,15H2,1H3. The molecule has 18 heavy (non-hydrogen) atoms. The van der Waals surface area contributed by atoms with E-state index >= 15 is 0 Å². The molecule has 0 saturated heterocycles. The van der Waals surface area contributed by atoms with Crippen molar-refractivity contribution in [3.05, 3.63) is 30.2 Å². The first-order valence-corrected chi connectivity index (χ1v) is 5.98. The van der Waals surface area contributed by atoms with E-state index in [1.54, 1.807) is 19.6 Å². The van der Waals surface area contributed by atoms with Gasteiger partial charge in [-0.25, -0.2) is 0 Å². The Balaban J connectivity index is 2.25. The fourth-order valence-electron chi connectivity index (χ4n) is 2.69. The third-order valence-electron chi connectivity index (χ3n) is 3.77. The van der Waals surface area contributed by atoms with E-state index in [-0.39, 0.29) is 5.54 Å². The van der Waals surface area contributed by atoms with Gasteiger partial charge in [0.05, 0.1) is 25.0 Å². The number of furan rings is 2. The van der Waals surface area contributed by atoms with Gasteiger partial charge >= 0.3 is 0 Å². The molecule has 0 amide bonds. The normalized spacial score (nSPS) is 17.4. The summed E-state index contributed by atoms with van der Waals surface area (Å²) in [5.74, 6) is 0.715. The van der Waals surface area contributed by atoms with Gasteiger partial charge in [0.25, 0.3) is 0 Å². The fourth-order valence-corrected chi connectivity index (χ4v) is 2.69. The zero-order valence-corrected chi connectivity index (χ0v) is 10.0. The van der Waals surface area contributed by atoms with Crippen molar-refractivity contribution in [3.8, 4) is 5.75 Å². The van der Waals surface area contributed by atoms with Gasteiger partial charge in [0, 0.05) is 16.5 Å². The Morgan fingerprint density at radius 1 is 1.11 bits per heavy atom. The maximum atomic E-state index is 6.37. The number of hydrogen-bond acceptors (Lipinski definition) is 4. The van der Waals surface area contributed by atoms with Crippen molar-refractivity contribution in [1.29, 1.82) is 0 Å². The van der Waals surface area contributed by atoms with Gasteiger partial charge in [-0.15, -0.1) is 0 Å². The second-order valence-electron chi connectivity index (χ2n) is 4.89. The molecule has 1 aliphatic rings. The van der Waals surface area contributed by atoms with Crippen LogP contribution in [0.1, 0.15) is 18.4 Å². The number of hydrogen-bond donors (Lipinski definition) is 1. The molecule has 1 aromatic carbocycles. The first-order chi connectivity index (χ1) is 8.74. The summed E-state index contributed by atoms with van der Waals surface area (Å²) < 4.78 is 16.6. The van der Waals surface area contributed by atoms with Crippen LogP contribution in [0.25, 0.3) is 21.9 Å². The molecule has 2 heterocycles. The number of methoxy groups -OCH3 is 1. The highest BCUT2D eigenvalue weighted by molar-refractivity contribution is 6.05. The molecule has 0 spiro atoms. The molecule has 0 radical (unpaired) electrons.